The quantitative estimate of drug-likeness (QED) is 0.311. The molecule has 0 heterocycles. The van der Waals surface area contributed by atoms with Crippen LogP contribution in [0.15, 0.2) is 54.6 Å². The first-order valence-corrected chi connectivity index (χ1v) is 10.8. The van der Waals surface area contributed by atoms with Crippen molar-refractivity contribution in [2.75, 3.05) is 0 Å². The molecule has 0 fully saturated rings. The standard InChI is InChI=1S/C19H12Cl4O5S/c20-11-4-5-16(22)14(7-11)19(29(26,27)28,10-2-1-3-13(24)6-10)15-8-12(21)9-17(23)18(15)25/h1-9,24-25H,(H,26,27,28). The minimum Gasteiger partial charge on any atom is -0.508 e. The molecule has 0 aromatic heterocycles. The molecule has 3 N–H and O–H groups in total. The Morgan fingerprint density at radius 1 is 0.759 bits per heavy atom. The molecule has 5 nitrogen and oxygen atoms in total. The molecule has 152 valence electrons. The summed E-state index contributed by atoms with van der Waals surface area (Å²) in [6.45, 7) is 0. The van der Waals surface area contributed by atoms with Gasteiger partial charge in [-0.25, -0.2) is 0 Å². The molecule has 0 aliphatic carbocycles. The average Bonchev–Trinajstić information content (AvgIpc) is 2.61. The smallest absolute Gasteiger partial charge is 0.283 e. The molecule has 0 spiro atoms. The van der Waals surface area contributed by atoms with Crippen LogP contribution in [-0.2, 0) is 14.9 Å². The van der Waals surface area contributed by atoms with Crippen molar-refractivity contribution in [2.45, 2.75) is 4.75 Å². The maximum Gasteiger partial charge on any atom is 0.283 e. The third-order valence-electron chi connectivity index (χ3n) is 4.35. The molecule has 0 amide bonds. The number of hydrogen-bond acceptors (Lipinski definition) is 4. The molecule has 0 radical (unpaired) electrons. The van der Waals surface area contributed by atoms with E-state index in [2.05, 4.69) is 0 Å². The van der Waals surface area contributed by atoms with Gasteiger partial charge in [-0.05, 0) is 48.0 Å². The summed E-state index contributed by atoms with van der Waals surface area (Å²) in [6.07, 6.45) is 0. The number of rotatable bonds is 4. The van der Waals surface area contributed by atoms with Gasteiger partial charge in [-0.1, -0.05) is 58.5 Å². The van der Waals surface area contributed by atoms with E-state index in [1.54, 1.807) is 0 Å². The summed E-state index contributed by atoms with van der Waals surface area (Å²) in [4.78, 5) is 0. The summed E-state index contributed by atoms with van der Waals surface area (Å²) in [5.74, 6) is -0.936. The molecule has 0 bridgehead atoms. The van der Waals surface area contributed by atoms with Gasteiger partial charge in [0.05, 0.1) is 5.02 Å². The van der Waals surface area contributed by atoms with Crippen molar-refractivity contribution in [2.24, 2.45) is 0 Å². The number of phenolic OH excluding ortho intramolecular Hbond substituents is 2. The summed E-state index contributed by atoms with van der Waals surface area (Å²) >= 11 is 24.5. The lowest BCUT2D eigenvalue weighted by Crippen LogP contribution is -2.38. The predicted molar refractivity (Wildman–Crippen MR) is 114 cm³/mol. The van der Waals surface area contributed by atoms with Crippen molar-refractivity contribution in [3.8, 4) is 11.5 Å². The van der Waals surface area contributed by atoms with Gasteiger partial charge in [0.2, 0.25) is 0 Å². The van der Waals surface area contributed by atoms with Crippen LogP contribution in [0.3, 0.4) is 0 Å². The Morgan fingerprint density at radius 3 is 2.03 bits per heavy atom. The van der Waals surface area contributed by atoms with Crippen LogP contribution in [0.5, 0.6) is 11.5 Å². The van der Waals surface area contributed by atoms with E-state index >= 15 is 0 Å². The fourth-order valence-electron chi connectivity index (χ4n) is 3.21. The first kappa shape index (κ1) is 22.0. The van der Waals surface area contributed by atoms with Gasteiger partial charge < -0.3 is 10.2 Å². The highest BCUT2D eigenvalue weighted by Crippen LogP contribution is 2.52. The Balaban J connectivity index is 2.65. The second-order valence-corrected chi connectivity index (χ2v) is 9.36. The van der Waals surface area contributed by atoms with Crippen molar-refractivity contribution >= 4 is 56.5 Å². The average molecular weight is 494 g/mol. The van der Waals surface area contributed by atoms with Gasteiger partial charge in [-0.3, -0.25) is 4.55 Å². The molecule has 0 saturated heterocycles. The summed E-state index contributed by atoms with van der Waals surface area (Å²) in [5, 5.41) is 20.4. The molecule has 29 heavy (non-hydrogen) atoms. The van der Waals surface area contributed by atoms with Crippen LogP contribution >= 0.6 is 46.4 Å². The Labute approximate surface area is 186 Å². The van der Waals surface area contributed by atoms with Crippen LogP contribution in [0.2, 0.25) is 20.1 Å². The van der Waals surface area contributed by atoms with Gasteiger partial charge in [0, 0.05) is 26.2 Å². The van der Waals surface area contributed by atoms with Crippen LogP contribution in [0.1, 0.15) is 16.7 Å². The van der Waals surface area contributed by atoms with Gasteiger partial charge in [-0.2, -0.15) is 8.42 Å². The summed E-state index contributed by atoms with van der Waals surface area (Å²) in [6, 6.07) is 11.5. The van der Waals surface area contributed by atoms with E-state index in [0.717, 1.165) is 12.1 Å². The molecular formula is C19H12Cl4O5S. The molecule has 1 unspecified atom stereocenters. The van der Waals surface area contributed by atoms with Crippen LogP contribution < -0.4 is 0 Å². The lowest BCUT2D eigenvalue weighted by atomic mass is 9.83. The summed E-state index contributed by atoms with van der Waals surface area (Å²) in [5.41, 5.74) is -0.668. The fraction of sp³-hybridized carbons (Fsp3) is 0.0526. The number of benzene rings is 3. The van der Waals surface area contributed by atoms with Crippen molar-refractivity contribution in [1.82, 2.24) is 0 Å². The fourth-order valence-corrected chi connectivity index (χ4v) is 5.50. The molecule has 3 aromatic rings. The van der Waals surface area contributed by atoms with Crippen LogP contribution in [0.25, 0.3) is 0 Å². The SMILES string of the molecule is O=S(=O)(O)C(c1cccc(O)c1)(c1cc(Cl)ccc1Cl)c1cc(Cl)cc(Cl)c1O. The van der Waals surface area contributed by atoms with E-state index in [-0.39, 0.29) is 42.5 Å². The van der Waals surface area contributed by atoms with Gasteiger partial charge in [0.1, 0.15) is 11.5 Å². The zero-order valence-corrected chi connectivity index (χ0v) is 18.1. The molecule has 1 atom stereocenters. The second kappa shape index (κ2) is 7.87. The molecular weight excluding hydrogens is 482 g/mol. The first-order chi connectivity index (χ1) is 13.5. The van der Waals surface area contributed by atoms with E-state index in [0.29, 0.717) is 0 Å². The monoisotopic (exact) mass is 492 g/mol. The zero-order chi connectivity index (χ0) is 21.6. The van der Waals surface area contributed by atoms with Crippen molar-refractivity contribution in [3.05, 3.63) is 91.4 Å². The highest BCUT2D eigenvalue weighted by atomic mass is 35.5. The number of halogens is 4. The van der Waals surface area contributed by atoms with Crippen molar-refractivity contribution in [3.63, 3.8) is 0 Å². The van der Waals surface area contributed by atoms with Gasteiger partial charge in [-0.15, -0.1) is 0 Å². The number of phenols is 2. The Bertz CT molecular complexity index is 1210. The molecule has 3 rings (SSSR count). The van der Waals surface area contributed by atoms with Gasteiger partial charge >= 0.3 is 0 Å². The predicted octanol–water partition coefficient (Wildman–Crippen LogP) is 5.89. The van der Waals surface area contributed by atoms with Crippen LogP contribution in [0.4, 0.5) is 0 Å². The van der Waals surface area contributed by atoms with Crippen molar-refractivity contribution in [1.29, 1.82) is 0 Å². The lowest BCUT2D eigenvalue weighted by Gasteiger charge is -2.34. The summed E-state index contributed by atoms with van der Waals surface area (Å²) < 4.78 is 33.9. The highest BCUT2D eigenvalue weighted by molar-refractivity contribution is 7.87. The van der Waals surface area contributed by atoms with Crippen LogP contribution in [0, 0.1) is 0 Å². The largest absolute Gasteiger partial charge is 0.508 e. The normalized spacial score (nSPS) is 13.8. The Morgan fingerprint density at radius 2 is 1.41 bits per heavy atom. The third kappa shape index (κ3) is 3.77. The maximum atomic E-state index is 13.0. The first-order valence-electron chi connectivity index (χ1n) is 7.89. The van der Waals surface area contributed by atoms with E-state index < -0.39 is 20.6 Å². The second-order valence-electron chi connectivity index (χ2n) is 6.11. The molecule has 0 aliphatic rings. The molecule has 3 aromatic carbocycles. The van der Waals surface area contributed by atoms with Gasteiger partial charge in [0.25, 0.3) is 10.1 Å². The minimum atomic E-state index is -5.13. The van der Waals surface area contributed by atoms with E-state index in [1.165, 1.54) is 42.5 Å². The van der Waals surface area contributed by atoms with E-state index in [1.807, 2.05) is 0 Å². The zero-order valence-electron chi connectivity index (χ0n) is 14.3. The highest BCUT2D eigenvalue weighted by Gasteiger charge is 2.52. The van der Waals surface area contributed by atoms with Crippen LogP contribution in [-0.4, -0.2) is 23.2 Å². The Hall–Kier alpha value is -1.67. The molecule has 10 heteroatoms. The Kier molecular flexibility index (Phi) is 5.98. The molecule has 0 aliphatic heterocycles. The maximum absolute atomic E-state index is 13.0. The van der Waals surface area contributed by atoms with Gasteiger partial charge in [0.15, 0.2) is 4.75 Å². The molecule has 0 saturated carbocycles. The third-order valence-corrected chi connectivity index (χ3v) is 6.88. The lowest BCUT2D eigenvalue weighted by molar-refractivity contribution is 0.439. The topological polar surface area (TPSA) is 94.8 Å². The minimum absolute atomic E-state index is 0.00544. The van der Waals surface area contributed by atoms with E-state index in [9.17, 15) is 23.2 Å². The van der Waals surface area contributed by atoms with E-state index in [4.69, 9.17) is 46.4 Å². The number of aromatic hydroxyl groups is 2. The van der Waals surface area contributed by atoms with Crippen molar-refractivity contribution < 1.29 is 23.2 Å². The number of hydrogen-bond donors (Lipinski definition) is 3. The summed E-state index contributed by atoms with van der Waals surface area (Å²) in [7, 11) is -5.13.